The summed E-state index contributed by atoms with van der Waals surface area (Å²) in [4.78, 5) is 30.1. The molecule has 0 aromatic heterocycles. The number of nitrogens with zero attached hydrogens (tertiary/aromatic N) is 2. The number of nitrogens with one attached hydrogen (secondary N) is 2. The Balaban J connectivity index is 1.39. The van der Waals surface area contributed by atoms with Gasteiger partial charge in [0.1, 0.15) is 0 Å². The van der Waals surface area contributed by atoms with E-state index < -0.39 is 0 Å². The molecule has 0 bridgehead atoms. The molecule has 0 fully saturated rings. The van der Waals surface area contributed by atoms with Crippen LogP contribution in [-0.4, -0.2) is 48.9 Å². The van der Waals surface area contributed by atoms with Crippen LogP contribution in [0, 0.1) is 0 Å². The third kappa shape index (κ3) is 3.90. The number of benzene rings is 1. The number of amides is 2. The van der Waals surface area contributed by atoms with E-state index in [-0.39, 0.29) is 11.8 Å². The van der Waals surface area contributed by atoms with Crippen molar-refractivity contribution in [3.63, 3.8) is 0 Å². The highest BCUT2D eigenvalue weighted by Gasteiger charge is 2.34. The van der Waals surface area contributed by atoms with Crippen molar-refractivity contribution in [3.8, 4) is 0 Å². The first-order valence-corrected chi connectivity index (χ1v) is 8.78. The van der Waals surface area contributed by atoms with Crippen LogP contribution in [0.15, 0.2) is 41.4 Å². The van der Waals surface area contributed by atoms with Crippen LogP contribution in [0.3, 0.4) is 0 Å². The number of hydrogen-bond donors (Lipinski definition) is 2. The summed E-state index contributed by atoms with van der Waals surface area (Å²) in [7, 11) is 1.76. The highest BCUT2D eigenvalue weighted by molar-refractivity contribution is 6.21. The lowest BCUT2D eigenvalue weighted by Gasteiger charge is -2.17. The van der Waals surface area contributed by atoms with Gasteiger partial charge in [0.15, 0.2) is 5.96 Å². The summed E-state index contributed by atoms with van der Waals surface area (Å²) in [6, 6.07) is 7.42. The maximum Gasteiger partial charge on any atom is 0.261 e. The standard InChI is InChI=1S/C19H24N4O2/c1-20-19(22-14-8-2-3-9-14)21-12-6-7-13-23-17(24)15-10-4-5-11-16(15)18(23)25/h2-5,10-11,14H,6-9,12-13H2,1H3,(H2,20,21,22). The molecule has 0 unspecified atom stereocenters. The van der Waals surface area contributed by atoms with Crippen molar-refractivity contribution in [2.24, 2.45) is 4.99 Å². The van der Waals surface area contributed by atoms with Crippen LogP contribution in [-0.2, 0) is 0 Å². The van der Waals surface area contributed by atoms with E-state index in [2.05, 4.69) is 27.8 Å². The van der Waals surface area contributed by atoms with Gasteiger partial charge in [-0.2, -0.15) is 0 Å². The number of imide groups is 1. The van der Waals surface area contributed by atoms with Crippen LogP contribution in [0.1, 0.15) is 46.4 Å². The number of rotatable bonds is 6. The average Bonchev–Trinajstić information content (AvgIpc) is 3.23. The summed E-state index contributed by atoms with van der Waals surface area (Å²) in [6.45, 7) is 1.20. The van der Waals surface area contributed by atoms with E-state index in [0.29, 0.717) is 23.7 Å². The highest BCUT2D eigenvalue weighted by Crippen LogP contribution is 2.22. The molecule has 1 aliphatic carbocycles. The van der Waals surface area contributed by atoms with E-state index in [4.69, 9.17) is 0 Å². The number of hydrogen-bond acceptors (Lipinski definition) is 3. The molecule has 1 heterocycles. The number of fused-ring (bicyclic) bond motifs is 1. The number of unbranched alkanes of at least 4 members (excludes halogenated alkanes) is 1. The molecule has 2 aliphatic rings. The minimum absolute atomic E-state index is 0.181. The normalized spacial score (nSPS) is 17.3. The lowest BCUT2D eigenvalue weighted by molar-refractivity contribution is 0.0652. The first kappa shape index (κ1) is 17.2. The van der Waals surface area contributed by atoms with Crippen LogP contribution in [0.2, 0.25) is 0 Å². The molecule has 132 valence electrons. The van der Waals surface area contributed by atoms with Gasteiger partial charge in [0.2, 0.25) is 0 Å². The molecule has 6 nitrogen and oxygen atoms in total. The Hall–Kier alpha value is -2.63. The number of aliphatic imine (C=N–C) groups is 1. The molecule has 0 radical (unpaired) electrons. The van der Waals surface area contributed by atoms with Gasteiger partial charge in [0.05, 0.1) is 11.1 Å². The molecule has 1 aromatic rings. The summed E-state index contributed by atoms with van der Waals surface area (Å²) in [5.41, 5.74) is 1.03. The second-order valence-corrected chi connectivity index (χ2v) is 6.30. The van der Waals surface area contributed by atoms with Crippen molar-refractivity contribution in [2.45, 2.75) is 31.7 Å². The molecule has 1 aromatic carbocycles. The molecule has 2 amide bonds. The topological polar surface area (TPSA) is 73.8 Å². The van der Waals surface area contributed by atoms with Crippen LogP contribution in [0.4, 0.5) is 0 Å². The van der Waals surface area contributed by atoms with E-state index in [0.717, 1.165) is 38.2 Å². The molecule has 0 saturated heterocycles. The predicted molar refractivity (Wildman–Crippen MR) is 97.7 cm³/mol. The second-order valence-electron chi connectivity index (χ2n) is 6.30. The van der Waals surface area contributed by atoms with Gasteiger partial charge in [0, 0.05) is 26.2 Å². The van der Waals surface area contributed by atoms with E-state index in [1.54, 1.807) is 31.3 Å². The first-order valence-electron chi connectivity index (χ1n) is 8.78. The summed E-state index contributed by atoms with van der Waals surface area (Å²) < 4.78 is 0. The Morgan fingerprint density at radius 2 is 1.76 bits per heavy atom. The fourth-order valence-corrected chi connectivity index (χ4v) is 3.17. The van der Waals surface area contributed by atoms with Crippen molar-refractivity contribution in [1.29, 1.82) is 0 Å². The van der Waals surface area contributed by atoms with Gasteiger partial charge < -0.3 is 10.6 Å². The van der Waals surface area contributed by atoms with Gasteiger partial charge in [-0.05, 0) is 37.8 Å². The molecule has 0 spiro atoms. The zero-order chi connectivity index (χ0) is 17.6. The van der Waals surface area contributed by atoms with Gasteiger partial charge in [-0.3, -0.25) is 19.5 Å². The number of carbonyl (C=O) groups is 2. The SMILES string of the molecule is CN=C(NCCCCN1C(=O)c2ccccc2C1=O)NC1CC=CC1. The van der Waals surface area contributed by atoms with Crippen molar-refractivity contribution in [3.05, 3.63) is 47.5 Å². The van der Waals surface area contributed by atoms with Crippen molar-refractivity contribution < 1.29 is 9.59 Å². The molecule has 25 heavy (non-hydrogen) atoms. The summed E-state index contributed by atoms with van der Waals surface area (Å²) >= 11 is 0. The fourth-order valence-electron chi connectivity index (χ4n) is 3.17. The molecular formula is C19H24N4O2. The Morgan fingerprint density at radius 1 is 1.12 bits per heavy atom. The summed E-state index contributed by atoms with van der Waals surface area (Å²) in [6.07, 6.45) is 8.03. The van der Waals surface area contributed by atoms with E-state index >= 15 is 0 Å². The monoisotopic (exact) mass is 340 g/mol. The van der Waals surface area contributed by atoms with Crippen molar-refractivity contribution in [1.82, 2.24) is 15.5 Å². The second kappa shape index (κ2) is 7.96. The molecular weight excluding hydrogens is 316 g/mol. The number of guanidine groups is 1. The minimum Gasteiger partial charge on any atom is -0.356 e. The lowest BCUT2D eigenvalue weighted by atomic mass is 10.1. The van der Waals surface area contributed by atoms with Gasteiger partial charge in [-0.15, -0.1) is 0 Å². The van der Waals surface area contributed by atoms with Crippen molar-refractivity contribution >= 4 is 17.8 Å². The molecule has 2 N–H and O–H groups in total. The van der Waals surface area contributed by atoms with Gasteiger partial charge >= 0.3 is 0 Å². The number of carbonyl (C=O) groups excluding carboxylic acids is 2. The first-order chi connectivity index (χ1) is 12.2. The molecule has 0 atom stereocenters. The third-order valence-electron chi connectivity index (χ3n) is 4.55. The van der Waals surface area contributed by atoms with Gasteiger partial charge in [0.25, 0.3) is 11.8 Å². The molecule has 6 heteroatoms. The largest absolute Gasteiger partial charge is 0.356 e. The molecule has 3 rings (SSSR count). The molecule has 0 saturated carbocycles. The van der Waals surface area contributed by atoms with Crippen LogP contribution in [0.25, 0.3) is 0 Å². The smallest absolute Gasteiger partial charge is 0.261 e. The van der Waals surface area contributed by atoms with E-state index in [9.17, 15) is 9.59 Å². The zero-order valence-corrected chi connectivity index (χ0v) is 14.5. The van der Waals surface area contributed by atoms with Gasteiger partial charge in [-0.1, -0.05) is 24.3 Å². The Morgan fingerprint density at radius 3 is 2.36 bits per heavy atom. The maximum atomic E-state index is 12.3. The fraction of sp³-hybridized carbons (Fsp3) is 0.421. The van der Waals surface area contributed by atoms with Crippen molar-refractivity contribution in [2.75, 3.05) is 20.1 Å². The van der Waals surface area contributed by atoms with Crippen LogP contribution in [0.5, 0.6) is 0 Å². The Labute approximate surface area is 148 Å². The van der Waals surface area contributed by atoms with E-state index in [1.807, 2.05) is 0 Å². The Kier molecular flexibility index (Phi) is 5.48. The summed E-state index contributed by atoms with van der Waals surface area (Å²) in [5, 5.41) is 6.67. The zero-order valence-electron chi connectivity index (χ0n) is 14.5. The maximum absolute atomic E-state index is 12.3. The highest BCUT2D eigenvalue weighted by atomic mass is 16.2. The Bertz CT molecular complexity index is 668. The lowest BCUT2D eigenvalue weighted by Crippen LogP contribution is -2.42. The van der Waals surface area contributed by atoms with E-state index in [1.165, 1.54) is 4.90 Å². The predicted octanol–water partition coefficient (Wildman–Crippen LogP) is 1.95. The quantitative estimate of drug-likeness (QED) is 0.273. The average molecular weight is 340 g/mol. The molecule has 1 aliphatic heterocycles. The third-order valence-corrected chi connectivity index (χ3v) is 4.55. The van der Waals surface area contributed by atoms with Gasteiger partial charge in [-0.25, -0.2) is 0 Å². The van der Waals surface area contributed by atoms with Crippen LogP contribution >= 0.6 is 0 Å². The van der Waals surface area contributed by atoms with Crippen LogP contribution < -0.4 is 10.6 Å². The summed E-state index contributed by atoms with van der Waals surface area (Å²) in [5.74, 6) is 0.439. The minimum atomic E-state index is -0.181.